The van der Waals surface area contributed by atoms with Crippen LogP contribution in [0.5, 0.6) is 0 Å². The average Bonchev–Trinajstić information content (AvgIpc) is 2.85. The minimum atomic E-state index is -3.83. The number of rotatable bonds is 6. The maximum atomic E-state index is 14.0. The molecule has 0 radical (unpaired) electrons. The van der Waals surface area contributed by atoms with E-state index in [2.05, 4.69) is 15.7 Å². The molecular weight excluding hydrogens is 389 g/mol. The van der Waals surface area contributed by atoms with Crippen LogP contribution >= 0.6 is 0 Å². The Morgan fingerprint density at radius 3 is 2.43 bits per heavy atom. The van der Waals surface area contributed by atoms with Gasteiger partial charge in [-0.2, -0.15) is 5.10 Å². The number of aromatic nitrogens is 2. The summed E-state index contributed by atoms with van der Waals surface area (Å²) in [6.45, 7) is 3.09. The molecule has 0 saturated carbocycles. The van der Waals surface area contributed by atoms with Crippen LogP contribution < -0.4 is 10.6 Å². The molecule has 2 N–H and O–H groups in total. The van der Waals surface area contributed by atoms with E-state index in [-0.39, 0.29) is 4.90 Å². The summed E-state index contributed by atoms with van der Waals surface area (Å²) < 4.78 is 40.9. The number of anilines is 1. The van der Waals surface area contributed by atoms with Crippen molar-refractivity contribution in [1.82, 2.24) is 19.4 Å². The Bertz CT molecular complexity index is 1030. The normalized spacial score (nSPS) is 11.5. The number of hydrogen-bond acceptors (Lipinski definition) is 5. The number of carbonyl (C=O) groups is 2. The smallest absolute Gasteiger partial charge is 0.254 e. The number of nitrogens with zero attached hydrogens (tertiary/aromatic N) is 3. The summed E-state index contributed by atoms with van der Waals surface area (Å²) in [5, 5.41) is 9.09. The number of halogens is 1. The van der Waals surface area contributed by atoms with Crippen LogP contribution in [0.1, 0.15) is 21.7 Å². The van der Waals surface area contributed by atoms with Crippen LogP contribution in [0.4, 0.5) is 10.1 Å². The van der Waals surface area contributed by atoms with E-state index in [9.17, 15) is 22.4 Å². The van der Waals surface area contributed by atoms with Gasteiger partial charge >= 0.3 is 0 Å². The van der Waals surface area contributed by atoms with Crippen LogP contribution in [-0.4, -0.2) is 55.0 Å². The summed E-state index contributed by atoms with van der Waals surface area (Å²) in [6.07, 6.45) is 0. The van der Waals surface area contributed by atoms with E-state index >= 15 is 0 Å². The molecule has 2 amide bonds. The summed E-state index contributed by atoms with van der Waals surface area (Å²) in [4.78, 5) is 24.1. The van der Waals surface area contributed by atoms with Gasteiger partial charge in [0.05, 0.1) is 34.1 Å². The number of carbonyl (C=O) groups excluding carboxylic acids is 2. The minimum Gasteiger partial charge on any atom is -0.343 e. The van der Waals surface area contributed by atoms with E-state index in [0.717, 1.165) is 28.2 Å². The molecule has 0 fully saturated rings. The van der Waals surface area contributed by atoms with Gasteiger partial charge in [-0.3, -0.25) is 14.3 Å². The molecule has 152 valence electrons. The van der Waals surface area contributed by atoms with Crippen molar-refractivity contribution in [3.05, 3.63) is 41.0 Å². The summed E-state index contributed by atoms with van der Waals surface area (Å²) in [5.41, 5.74) is 1.42. The number of nitrogens with one attached hydrogen (secondary N) is 2. The van der Waals surface area contributed by atoms with Gasteiger partial charge < -0.3 is 10.6 Å². The van der Waals surface area contributed by atoms with Crippen LogP contribution in [0.2, 0.25) is 0 Å². The van der Waals surface area contributed by atoms with Crippen LogP contribution in [-0.2, 0) is 21.9 Å². The topological polar surface area (TPSA) is 113 Å². The van der Waals surface area contributed by atoms with Gasteiger partial charge in [-0.25, -0.2) is 17.1 Å². The Kier molecular flexibility index (Phi) is 6.20. The molecule has 28 heavy (non-hydrogen) atoms. The van der Waals surface area contributed by atoms with Crippen LogP contribution in [0, 0.1) is 19.7 Å². The second-order valence-corrected chi connectivity index (χ2v) is 8.48. The third kappa shape index (κ3) is 4.37. The Balaban J connectivity index is 2.12. The average molecular weight is 411 g/mol. The maximum absolute atomic E-state index is 14.0. The van der Waals surface area contributed by atoms with E-state index in [1.807, 2.05) is 0 Å². The van der Waals surface area contributed by atoms with Crippen molar-refractivity contribution in [2.24, 2.45) is 7.05 Å². The molecule has 1 aromatic carbocycles. The van der Waals surface area contributed by atoms with Gasteiger partial charge in [0.25, 0.3) is 5.91 Å². The third-order valence-electron chi connectivity index (χ3n) is 4.14. The zero-order valence-corrected chi connectivity index (χ0v) is 17.0. The van der Waals surface area contributed by atoms with E-state index in [1.165, 1.54) is 14.1 Å². The molecule has 0 unspecified atom stereocenters. The van der Waals surface area contributed by atoms with E-state index < -0.39 is 39.8 Å². The first-order valence-electron chi connectivity index (χ1n) is 8.25. The molecule has 9 nitrogen and oxygen atoms in total. The molecule has 0 aliphatic heterocycles. The minimum absolute atomic E-state index is 0.227. The molecule has 2 aromatic rings. The highest BCUT2D eigenvalue weighted by Gasteiger charge is 2.22. The third-order valence-corrected chi connectivity index (χ3v) is 5.96. The van der Waals surface area contributed by atoms with Crippen molar-refractivity contribution in [2.75, 3.05) is 26.0 Å². The molecule has 0 aliphatic rings. The SMILES string of the molecule is Cc1nn(C)c(C)c1NC(=O)CNC(=O)c1cc(S(=O)(=O)N(C)C)ccc1F. The quantitative estimate of drug-likeness (QED) is 0.730. The van der Waals surface area contributed by atoms with Crippen molar-refractivity contribution >= 4 is 27.5 Å². The van der Waals surface area contributed by atoms with Gasteiger partial charge in [0, 0.05) is 21.1 Å². The number of amides is 2. The molecule has 0 bridgehead atoms. The van der Waals surface area contributed by atoms with Crippen molar-refractivity contribution in [3.8, 4) is 0 Å². The molecule has 0 atom stereocenters. The highest BCUT2D eigenvalue weighted by Crippen LogP contribution is 2.19. The lowest BCUT2D eigenvalue weighted by atomic mass is 10.2. The second kappa shape index (κ2) is 8.07. The van der Waals surface area contributed by atoms with Gasteiger partial charge in [-0.1, -0.05) is 0 Å². The Morgan fingerprint density at radius 2 is 1.89 bits per heavy atom. The van der Waals surface area contributed by atoms with Crippen molar-refractivity contribution in [1.29, 1.82) is 0 Å². The highest BCUT2D eigenvalue weighted by atomic mass is 32.2. The summed E-state index contributed by atoms with van der Waals surface area (Å²) in [6, 6.07) is 2.91. The van der Waals surface area contributed by atoms with Crippen molar-refractivity contribution < 1.29 is 22.4 Å². The van der Waals surface area contributed by atoms with Crippen LogP contribution in [0.3, 0.4) is 0 Å². The van der Waals surface area contributed by atoms with E-state index in [0.29, 0.717) is 11.4 Å². The van der Waals surface area contributed by atoms with Gasteiger partial charge in [-0.05, 0) is 32.0 Å². The zero-order chi connectivity index (χ0) is 21.2. The standard InChI is InChI=1S/C17H22FN5O4S/c1-10-16(11(2)23(5)21-10)20-15(24)9-19-17(25)13-8-12(6-7-14(13)18)28(26,27)22(3)4/h6-8H,9H2,1-5H3,(H,19,25)(H,20,24). The first kappa shape index (κ1) is 21.5. The number of hydrogen-bond donors (Lipinski definition) is 2. The molecule has 2 rings (SSSR count). The maximum Gasteiger partial charge on any atom is 0.254 e. The monoisotopic (exact) mass is 411 g/mol. The Morgan fingerprint density at radius 1 is 1.25 bits per heavy atom. The molecule has 11 heteroatoms. The second-order valence-electron chi connectivity index (χ2n) is 6.33. The highest BCUT2D eigenvalue weighted by molar-refractivity contribution is 7.89. The fourth-order valence-electron chi connectivity index (χ4n) is 2.44. The summed E-state index contributed by atoms with van der Waals surface area (Å²) in [5.74, 6) is -2.32. The fraction of sp³-hybridized carbons (Fsp3) is 0.353. The van der Waals surface area contributed by atoms with Gasteiger partial charge in [0.2, 0.25) is 15.9 Å². The molecular formula is C17H22FN5O4S. The molecule has 0 spiro atoms. The lowest BCUT2D eigenvalue weighted by Crippen LogP contribution is -2.33. The first-order chi connectivity index (χ1) is 12.9. The molecule has 1 heterocycles. The largest absolute Gasteiger partial charge is 0.343 e. The molecule has 0 aliphatic carbocycles. The Hall–Kier alpha value is -2.79. The first-order valence-corrected chi connectivity index (χ1v) is 9.69. The molecule has 0 saturated heterocycles. The van der Waals surface area contributed by atoms with E-state index in [4.69, 9.17) is 0 Å². The molecule has 1 aromatic heterocycles. The number of benzene rings is 1. The van der Waals surface area contributed by atoms with Crippen molar-refractivity contribution in [3.63, 3.8) is 0 Å². The number of aryl methyl sites for hydroxylation is 2. The van der Waals surface area contributed by atoms with Crippen LogP contribution in [0.15, 0.2) is 23.1 Å². The van der Waals surface area contributed by atoms with Gasteiger partial charge in [0.1, 0.15) is 5.82 Å². The lowest BCUT2D eigenvalue weighted by molar-refractivity contribution is -0.115. The Labute approximate surface area is 162 Å². The summed E-state index contributed by atoms with van der Waals surface area (Å²) in [7, 11) is 0.552. The fourth-order valence-corrected chi connectivity index (χ4v) is 3.37. The van der Waals surface area contributed by atoms with E-state index in [1.54, 1.807) is 25.6 Å². The predicted octanol–water partition coefficient (Wildman–Crippen LogP) is 0.795. The van der Waals surface area contributed by atoms with Crippen LogP contribution in [0.25, 0.3) is 0 Å². The van der Waals surface area contributed by atoms with Gasteiger partial charge in [0.15, 0.2) is 0 Å². The lowest BCUT2D eigenvalue weighted by Gasteiger charge is -2.13. The van der Waals surface area contributed by atoms with Gasteiger partial charge in [-0.15, -0.1) is 0 Å². The zero-order valence-electron chi connectivity index (χ0n) is 16.2. The summed E-state index contributed by atoms with van der Waals surface area (Å²) >= 11 is 0. The van der Waals surface area contributed by atoms with Crippen molar-refractivity contribution in [2.45, 2.75) is 18.7 Å². The predicted molar refractivity (Wildman–Crippen MR) is 101 cm³/mol. The number of sulfonamides is 1.